The third-order valence-corrected chi connectivity index (χ3v) is 5.64. The van der Waals surface area contributed by atoms with Crippen LogP contribution in [0.25, 0.3) is 6.08 Å². The van der Waals surface area contributed by atoms with Gasteiger partial charge >= 0.3 is 0 Å². The van der Waals surface area contributed by atoms with Crippen molar-refractivity contribution in [2.24, 2.45) is 0 Å². The molecule has 0 radical (unpaired) electrons. The molecule has 1 fully saturated rings. The van der Waals surface area contributed by atoms with E-state index < -0.39 is 17.1 Å². The van der Waals surface area contributed by atoms with Crippen LogP contribution in [0.4, 0.5) is 10.5 Å². The second-order valence-electron chi connectivity index (χ2n) is 7.21. The molecular weight excluding hydrogens is 404 g/mol. The first-order valence-corrected chi connectivity index (χ1v) is 10.3. The van der Waals surface area contributed by atoms with Crippen molar-refractivity contribution < 1.29 is 23.9 Å². The molecular formula is C22H20N2O5S. The minimum Gasteiger partial charge on any atom is -0.454 e. The molecule has 0 aromatic heterocycles. The number of imide groups is 1. The number of nitrogens with zero attached hydrogens (tertiary/aromatic N) is 1. The van der Waals surface area contributed by atoms with Crippen LogP contribution < -0.4 is 14.8 Å². The number of carbonyl (C=O) groups is 3. The van der Waals surface area contributed by atoms with E-state index in [1.807, 2.05) is 24.3 Å². The van der Waals surface area contributed by atoms with E-state index in [2.05, 4.69) is 19.2 Å². The molecule has 0 saturated carbocycles. The summed E-state index contributed by atoms with van der Waals surface area (Å²) in [7, 11) is 0. The number of fused-ring (bicyclic) bond motifs is 1. The number of ether oxygens (including phenoxy) is 2. The molecule has 154 valence electrons. The Morgan fingerprint density at radius 2 is 1.87 bits per heavy atom. The van der Waals surface area contributed by atoms with Crippen molar-refractivity contribution >= 4 is 40.6 Å². The van der Waals surface area contributed by atoms with Gasteiger partial charge in [0.2, 0.25) is 12.7 Å². The fraction of sp³-hybridized carbons (Fsp3) is 0.227. The quantitative estimate of drug-likeness (QED) is 0.724. The number of anilines is 1. The molecule has 7 nitrogen and oxygen atoms in total. The maximum absolute atomic E-state index is 12.6. The van der Waals surface area contributed by atoms with Crippen LogP contribution in [0.1, 0.15) is 30.9 Å². The van der Waals surface area contributed by atoms with Gasteiger partial charge in [0, 0.05) is 11.8 Å². The normalized spacial score (nSPS) is 16.6. The largest absolute Gasteiger partial charge is 0.454 e. The third kappa shape index (κ3) is 4.18. The van der Waals surface area contributed by atoms with Gasteiger partial charge in [-0.25, -0.2) is 0 Å². The lowest BCUT2D eigenvalue weighted by molar-refractivity contribution is -0.127. The molecule has 0 aliphatic carbocycles. The Hall–Kier alpha value is -3.26. The van der Waals surface area contributed by atoms with Crippen molar-refractivity contribution in [1.82, 2.24) is 4.90 Å². The van der Waals surface area contributed by atoms with E-state index in [9.17, 15) is 14.4 Å². The minimum absolute atomic E-state index is 0.135. The van der Waals surface area contributed by atoms with Gasteiger partial charge in [0.15, 0.2) is 11.5 Å². The van der Waals surface area contributed by atoms with Crippen molar-refractivity contribution in [2.75, 3.05) is 18.7 Å². The van der Waals surface area contributed by atoms with Gasteiger partial charge in [-0.05, 0) is 47.0 Å². The molecule has 2 aromatic carbocycles. The van der Waals surface area contributed by atoms with Gasteiger partial charge in [0.05, 0.1) is 4.91 Å². The summed E-state index contributed by atoms with van der Waals surface area (Å²) in [4.78, 5) is 38.5. The van der Waals surface area contributed by atoms with Crippen molar-refractivity contribution in [3.8, 4) is 11.5 Å². The summed E-state index contributed by atoms with van der Waals surface area (Å²) in [6, 6.07) is 12.8. The molecule has 0 spiro atoms. The highest BCUT2D eigenvalue weighted by Crippen LogP contribution is 2.35. The van der Waals surface area contributed by atoms with Crippen LogP contribution in [0.5, 0.6) is 11.5 Å². The lowest BCUT2D eigenvalue weighted by Crippen LogP contribution is -2.36. The van der Waals surface area contributed by atoms with Crippen LogP contribution in [0.3, 0.4) is 0 Å². The summed E-state index contributed by atoms with van der Waals surface area (Å²) < 4.78 is 10.5. The summed E-state index contributed by atoms with van der Waals surface area (Å²) in [5.41, 5.74) is 2.52. The van der Waals surface area contributed by atoms with Crippen molar-refractivity contribution in [3.63, 3.8) is 0 Å². The number of hydrogen-bond acceptors (Lipinski definition) is 6. The molecule has 2 aromatic rings. The molecule has 0 bridgehead atoms. The Morgan fingerprint density at radius 1 is 1.13 bits per heavy atom. The van der Waals surface area contributed by atoms with Crippen LogP contribution in [0.2, 0.25) is 0 Å². The van der Waals surface area contributed by atoms with E-state index in [1.165, 1.54) is 5.56 Å². The standard InChI is InChI=1S/C22H20N2O5S/c1-13(2)15-5-3-14(4-6-15)9-19-21(26)24(22(27)30-19)11-20(25)23-16-7-8-17-18(10-16)29-12-28-17/h3-10,13H,11-12H2,1-2H3,(H,23,25)/b19-9+. The first-order valence-electron chi connectivity index (χ1n) is 9.45. The average Bonchev–Trinajstić information content (AvgIpc) is 3.28. The molecule has 1 N–H and O–H groups in total. The van der Waals surface area contributed by atoms with Gasteiger partial charge in [0.1, 0.15) is 6.54 Å². The van der Waals surface area contributed by atoms with E-state index in [1.54, 1.807) is 24.3 Å². The molecule has 2 heterocycles. The van der Waals surface area contributed by atoms with Gasteiger partial charge in [-0.1, -0.05) is 38.1 Å². The van der Waals surface area contributed by atoms with Crippen LogP contribution in [0.15, 0.2) is 47.4 Å². The summed E-state index contributed by atoms with van der Waals surface area (Å²) in [6.45, 7) is 3.99. The highest BCUT2D eigenvalue weighted by molar-refractivity contribution is 8.18. The van der Waals surface area contributed by atoms with Crippen LogP contribution in [-0.2, 0) is 9.59 Å². The highest BCUT2D eigenvalue weighted by atomic mass is 32.2. The van der Waals surface area contributed by atoms with Crippen LogP contribution >= 0.6 is 11.8 Å². The number of carbonyl (C=O) groups excluding carboxylic acids is 3. The fourth-order valence-electron chi connectivity index (χ4n) is 3.08. The van der Waals surface area contributed by atoms with E-state index in [0.29, 0.717) is 28.0 Å². The summed E-state index contributed by atoms with van der Waals surface area (Å²) in [5, 5.41) is 2.20. The Bertz CT molecular complexity index is 1050. The molecule has 1 saturated heterocycles. The number of nitrogens with one attached hydrogen (secondary N) is 1. The lowest BCUT2D eigenvalue weighted by atomic mass is 10.0. The van der Waals surface area contributed by atoms with E-state index >= 15 is 0 Å². The number of rotatable bonds is 5. The second kappa shape index (κ2) is 8.23. The summed E-state index contributed by atoms with van der Waals surface area (Å²) in [6.07, 6.45) is 1.67. The zero-order valence-corrected chi connectivity index (χ0v) is 17.3. The van der Waals surface area contributed by atoms with Crippen molar-refractivity contribution in [2.45, 2.75) is 19.8 Å². The average molecular weight is 424 g/mol. The number of benzene rings is 2. The molecule has 0 atom stereocenters. The monoisotopic (exact) mass is 424 g/mol. The van der Waals surface area contributed by atoms with Crippen LogP contribution in [0, 0.1) is 0 Å². The zero-order valence-electron chi connectivity index (χ0n) is 16.5. The predicted molar refractivity (Wildman–Crippen MR) is 114 cm³/mol. The van der Waals surface area contributed by atoms with Gasteiger partial charge < -0.3 is 14.8 Å². The van der Waals surface area contributed by atoms with Gasteiger partial charge in [-0.3, -0.25) is 19.3 Å². The molecule has 2 aliphatic heterocycles. The molecule has 3 amide bonds. The van der Waals surface area contributed by atoms with E-state index in [-0.39, 0.29) is 13.3 Å². The Labute approximate surface area is 178 Å². The fourth-order valence-corrected chi connectivity index (χ4v) is 3.92. The number of hydrogen-bond donors (Lipinski definition) is 1. The van der Waals surface area contributed by atoms with Crippen LogP contribution in [-0.4, -0.2) is 35.3 Å². The smallest absolute Gasteiger partial charge is 0.294 e. The number of thioether (sulfide) groups is 1. The zero-order chi connectivity index (χ0) is 21.3. The SMILES string of the molecule is CC(C)c1ccc(/C=C2/SC(=O)N(CC(=O)Nc3ccc4c(c3)OCO4)C2=O)cc1. The summed E-state index contributed by atoms with van der Waals surface area (Å²) in [5.74, 6) is 0.600. The maximum Gasteiger partial charge on any atom is 0.294 e. The molecule has 30 heavy (non-hydrogen) atoms. The topological polar surface area (TPSA) is 84.9 Å². The molecule has 2 aliphatic rings. The molecule has 0 unspecified atom stereocenters. The maximum atomic E-state index is 12.6. The van der Waals surface area contributed by atoms with Crippen molar-refractivity contribution in [1.29, 1.82) is 0 Å². The first kappa shape index (κ1) is 20.0. The van der Waals surface area contributed by atoms with E-state index in [4.69, 9.17) is 9.47 Å². The third-order valence-electron chi connectivity index (χ3n) is 4.73. The summed E-state index contributed by atoms with van der Waals surface area (Å²) >= 11 is 0.834. The Balaban J connectivity index is 1.41. The predicted octanol–water partition coefficient (Wildman–Crippen LogP) is 4.21. The van der Waals surface area contributed by atoms with Gasteiger partial charge in [-0.15, -0.1) is 0 Å². The van der Waals surface area contributed by atoms with E-state index in [0.717, 1.165) is 22.2 Å². The highest BCUT2D eigenvalue weighted by Gasteiger charge is 2.36. The number of amides is 3. The second-order valence-corrected chi connectivity index (χ2v) is 8.20. The Kier molecular flexibility index (Phi) is 5.50. The van der Waals surface area contributed by atoms with Gasteiger partial charge in [0.25, 0.3) is 11.1 Å². The molecule has 4 rings (SSSR count). The minimum atomic E-state index is -0.473. The lowest BCUT2D eigenvalue weighted by Gasteiger charge is -2.12. The molecule has 8 heteroatoms. The first-order chi connectivity index (χ1) is 14.4. The van der Waals surface area contributed by atoms with Crippen molar-refractivity contribution in [3.05, 3.63) is 58.5 Å². The Morgan fingerprint density at radius 3 is 2.60 bits per heavy atom. The van der Waals surface area contributed by atoms with Gasteiger partial charge in [-0.2, -0.15) is 0 Å².